The fraction of sp³-hybridized carbons (Fsp3) is 0.577. The van der Waals surface area contributed by atoms with Crippen LogP contribution >= 0.6 is 0 Å². The SMILES string of the molecule is CC1CCN(Cc2nnc(-c3cn(CC(=O)NC4CCCCCC4)c4ccccc34)o2)CC1. The van der Waals surface area contributed by atoms with Crippen LogP contribution in [-0.2, 0) is 17.9 Å². The van der Waals surface area contributed by atoms with Crippen LogP contribution < -0.4 is 5.32 Å². The van der Waals surface area contributed by atoms with Crippen molar-refractivity contribution < 1.29 is 9.21 Å². The largest absolute Gasteiger partial charge is 0.419 e. The first-order valence-electron chi connectivity index (χ1n) is 12.6. The Hall–Kier alpha value is -2.67. The number of likely N-dealkylation sites (tertiary alicyclic amines) is 1. The number of nitrogens with one attached hydrogen (secondary N) is 1. The summed E-state index contributed by atoms with van der Waals surface area (Å²) >= 11 is 0. The second kappa shape index (κ2) is 10.1. The number of amides is 1. The van der Waals surface area contributed by atoms with Gasteiger partial charge in [-0.2, -0.15) is 0 Å². The number of benzene rings is 1. The van der Waals surface area contributed by atoms with Gasteiger partial charge in [-0.25, -0.2) is 0 Å². The minimum atomic E-state index is 0.0692. The zero-order chi connectivity index (χ0) is 22.6. The summed E-state index contributed by atoms with van der Waals surface area (Å²) in [7, 11) is 0. The maximum Gasteiger partial charge on any atom is 0.249 e. The maximum atomic E-state index is 12.8. The number of para-hydroxylation sites is 1. The summed E-state index contributed by atoms with van der Waals surface area (Å²) in [6.07, 6.45) is 11.6. The molecular weight excluding hydrogens is 414 g/mol. The first-order chi connectivity index (χ1) is 16.2. The second-order valence-electron chi connectivity index (χ2n) is 9.90. The number of aromatic nitrogens is 3. The Kier molecular flexibility index (Phi) is 6.76. The lowest BCUT2D eigenvalue weighted by Gasteiger charge is -2.28. The Labute approximate surface area is 195 Å². The van der Waals surface area contributed by atoms with Gasteiger partial charge in [-0.05, 0) is 50.8 Å². The average molecular weight is 450 g/mol. The Morgan fingerprint density at radius 3 is 2.61 bits per heavy atom. The van der Waals surface area contributed by atoms with Crippen molar-refractivity contribution in [1.82, 2.24) is 25.0 Å². The van der Waals surface area contributed by atoms with E-state index in [4.69, 9.17) is 4.42 Å². The van der Waals surface area contributed by atoms with Gasteiger partial charge >= 0.3 is 0 Å². The molecule has 0 spiro atoms. The third kappa shape index (κ3) is 5.29. The number of carbonyl (C=O) groups excluding carboxylic acids is 1. The van der Waals surface area contributed by atoms with Gasteiger partial charge in [-0.3, -0.25) is 9.69 Å². The number of carbonyl (C=O) groups is 1. The predicted molar refractivity (Wildman–Crippen MR) is 129 cm³/mol. The van der Waals surface area contributed by atoms with Crippen LogP contribution in [0.25, 0.3) is 22.4 Å². The Bertz CT molecular complexity index is 1070. The smallest absolute Gasteiger partial charge is 0.249 e. The first kappa shape index (κ1) is 22.1. The standard InChI is InChI=1S/C26H35N5O2/c1-19-12-14-30(15-13-19)18-25-28-29-26(33-25)22-16-31(23-11-7-6-10-21(22)23)17-24(32)27-20-8-4-2-3-5-9-20/h6-7,10-11,16,19-20H,2-5,8-9,12-15,17-18H2,1H3,(H,27,32). The molecule has 1 saturated carbocycles. The number of hydrogen-bond donors (Lipinski definition) is 1. The highest BCUT2D eigenvalue weighted by Crippen LogP contribution is 2.30. The van der Waals surface area contributed by atoms with Gasteiger partial charge in [0, 0.05) is 23.1 Å². The van der Waals surface area contributed by atoms with Gasteiger partial charge < -0.3 is 14.3 Å². The molecule has 7 heteroatoms. The van der Waals surface area contributed by atoms with Crippen molar-refractivity contribution in [1.29, 1.82) is 0 Å². The lowest BCUT2D eigenvalue weighted by Crippen LogP contribution is -2.36. The molecule has 0 radical (unpaired) electrons. The molecule has 1 aliphatic carbocycles. The van der Waals surface area contributed by atoms with Crippen molar-refractivity contribution in [2.24, 2.45) is 5.92 Å². The monoisotopic (exact) mass is 449 g/mol. The minimum absolute atomic E-state index is 0.0692. The summed E-state index contributed by atoms with van der Waals surface area (Å²) < 4.78 is 8.09. The molecule has 176 valence electrons. The molecule has 3 heterocycles. The van der Waals surface area contributed by atoms with Gasteiger partial charge in [0.05, 0.1) is 12.1 Å². The second-order valence-corrected chi connectivity index (χ2v) is 9.90. The highest BCUT2D eigenvalue weighted by atomic mass is 16.4. The number of fused-ring (bicyclic) bond motifs is 1. The first-order valence-corrected chi connectivity index (χ1v) is 12.6. The highest BCUT2D eigenvalue weighted by Gasteiger charge is 2.21. The normalized spacial score (nSPS) is 19.1. The fourth-order valence-electron chi connectivity index (χ4n) is 5.24. The Morgan fingerprint density at radius 1 is 1.06 bits per heavy atom. The van der Waals surface area contributed by atoms with Crippen LogP contribution in [0.5, 0.6) is 0 Å². The molecule has 0 atom stereocenters. The molecule has 0 bridgehead atoms. The van der Waals surface area contributed by atoms with Gasteiger partial charge in [0.25, 0.3) is 0 Å². The van der Waals surface area contributed by atoms with Crippen molar-refractivity contribution in [3.63, 3.8) is 0 Å². The molecule has 2 aromatic heterocycles. The van der Waals surface area contributed by atoms with E-state index >= 15 is 0 Å². The van der Waals surface area contributed by atoms with Crippen LogP contribution in [0.3, 0.4) is 0 Å². The van der Waals surface area contributed by atoms with Gasteiger partial charge in [0.15, 0.2) is 0 Å². The van der Waals surface area contributed by atoms with Gasteiger partial charge in [-0.1, -0.05) is 50.8 Å². The van der Waals surface area contributed by atoms with Gasteiger partial charge in [0.2, 0.25) is 17.7 Å². The molecule has 2 fully saturated rings. The van der Waals surface area contributed by atoms with Crippen LogP contribution in [0.1, 0.15) is 64.2 Å². The molecule has 3 aromatic rings. The van der Waals surface area contributed by atoms with E-state index in [-0.39, 0.29) is 5.91 Å². The van der Waals surface area contributed by atoms with Crippen LogP contribution in [0.15, 0.2) is 34.9 Å². The van der Waals surface area contributed by atoms with Crippen molar-refractivity contribution in [2.45, 2.75) is 77.4 Å². The Morgan fingerprint density at radius 2 is 1.82 bits per heavy atom. The van der Waals surface area contributed by atoms with Gasteiger partial charge in [0.1, 0.15) is 6.54 Å². The molecule has 1 saturated heterocycles. The van der Waals surface area contributed by atoms with Gasteiger partial charge in [-0.15, -0.1) is 10.2 Å². The molecule has 1 N–H and O–H groups in total. The third-order valence-corrected chi connectivity index (χ3v) is 7.26. The van der Waals surface area contributed by atoms with Crippen molar-refractivity contribution in [3.05, 3.63) is 36.4 Å². The number of rotatable bonds is 6. The quantitative estimate of drug-likeness (QED) is 0.549. The maximum absolute atomic E-state index is 12.8. The van der Waals surface area contributed by atoms with E-state index in [1.165, 1.54) is 38.5 Å². The topological polar surface area (TPSA) is 76.2 Å². The minimum Gasteiger partial charge on any atom is -0.419 e. The van der Waals surface area contributed by atoms with Crippen LogP contribution in [0.2, 0.25) is 0 Å². The van der Waals surface area contributed by atoms with E-state index in [1.807, 2.05) is 29.0 Å². The predicted octanol–water partition coefficient (Wildman–Crippen LogP) is 4.76. The molecule has 1 aromatic carbocycles. The van der Waals surface area contributed by atoms with E-state index in [9.17, 15) is 4.79 Å². The summed E-state index contributed by atoms with van der Waals surface area (Å²) in [4.78, 5) is 15.2. The molecule has 2 aliphatic rings. The number of piperidine rings is 1. The third-order valence-electron chi connectivity index (χ3n) is 7.26. The molecule has 0 unspecified atom stereocenters. The summed E-state index contributed by atoms with van der Waals surface area (Å²) in [6, 6.07) is 8.41. The number of hydrogen-bond acceptors (Lipinski definition) is 5. The molecule has 7 nitrogen and oxygen atoms in total. The zero-order valence-corrected chi connectivity index (χ0v) is 19.6. The van der Waals surface area contributed by atoms with E-state index < -0.39 is 0 Å². The zero-order valence-electron chi connectivity index (χ0n) is 19.6. The van der Waals surface area contributed by atoms with E-state index in [2.05, 4.69) is 33.4 Å². The van der Waals surface area contributed by atoms with E-state index in [1.54, 1.807) is 0 Å². The molecule has 33 heavy (non-hydrogen) atoms. The Balaban J connectivity index is 1.31. The van der Waals surface area contributed by atoms with Crippen molar-refractivity contribution >= 4 is 16.8 Å². The van der Waals surface area contributed by atoms with Crippen LogP contribution in [-0.4, -0.2) is 44.7 Å². The van der Waals surface area contributed by atoms with Crippen molar-refractivity contribution in [2.75, 3.05) is 13.1 Å². The van der Waals surface area contributed by atoms with E-state index in [0.29, 0.717) is 30.9 Å². The molecule has 5 rings (SSSR count). The molecular formula is C26H35N5O2. The van der Waals surface area contributed by atoms with Crippen LogP contribution in [0.4, 0.5) is 0 Å². The molecule has 1 amide bonds. The van der Waals surface area contributed by atoms with Crippen LogP contribution in [0, 0.1) is 5.92 Å². The van der Waals surface area contributed by atoms with E-state index in [0.717, 1.165) is 48.3 Å². The molecule has 1 aliphatic heterocycles. The summed E-state index contributed by atoms with van der Waals surface area (Å²) in [5.74, 6) is 2.04. The highest BCUT2D eigenvalue weighted by molar-refractivity contribution is 5.94. The lowest BCUT2D eigenvalue weighted by molar-refractivity contribution is -0.122. The van der Waals surface area contributed by atoms with Crippen molar-refractivity contribution in [3.8, 4) is 11.5 Å². The lowest BCUT2D eigenvalue weighted by atomic mass is 9.99. The summed E-state index contributed by atoms with van der Waals surface area (Å²) in [5, 5.41) is 13.0. The number of nitrogens with zero attached hydrogens (tertiary/aromatic N) is 4. The summed E-state index contributed by atoms with van der Waals surface area (Å²) in [5.41, 5.74) is 1.90. The average Bonchev–Trinajstić information content (AvgIpc) is 3.32. The fourth-order valence-corrected chi connectivity index (χ4v) is 5.24. The summed E-state index contributed by atoms with van der Waals surface area (Å²) in [6.45, 7) is 5.46.